The number of hydrogen-bond donors (Lipinski definition) is 1. The van der Waals surface area contributed by atoms with Crippen LogP contribution in [-0.2, 0) is 0 Å². The maximum atomic E-state index is 4.86. The zero-order valence-electron chi connectivity index (χ0n) is 18.9. The molecule has 1 aromatic rings. The van der Waals surface area contributed by atoms with E-state index in [0.29, 0.717) is 12.1 Å². The van der Waals surface area contributed by atoms with Crippen molar-refractivity contribution in [1.29, 1.82) is 0 Å². The Morgan fingerprint density at radius 2 is 1.86 bits per heavy atom. The summed E-state index contributed by atoms with van der Waals surface area (Å²) in [5, 5.41) is 3.65. The van der Waals surface area contributed by atoms with Crippen molar-refractivity contribution in [3.05, 3.63) is 12.3 Å². The summed E-state index contributed by atoms with van der Waals surface area (Å²) in [6.07, 6.45) is 10.9. The monoisotopic (exact) mass is 402 g/mol. The topological polar surface area (TPSA) is 47.5 Å². The molecule has 29 heavy (non-hydrogen) atoms. The highest BCUT2D eigenvalue weighted by Gasteiger charge is 2.24. The second-order valence-corrected chi connectivity index (χ2v) is 8.78. The molecule has 2 fully saturated rings. The van der Waals surface area contributed by atoms with Gasteiger partial charge in [-0.2, -0.15) is 4.98 Å². The van der Waals surface area contributed by atoms with Crippen molar-refractivity contribution in [1.82, 2.24) is 19.8 Å². The van der Waals surface area contributed by atoms with Crippen LogP contribution in [0, 0.1) is 0 Å². The number of rotatable bonds is 9. The lowest BCUT2D eigenvalue weighted by Crippen LogP contribution is -2.47. The second kappa shape index (κ2) is 11.7. The normalized spacial score (nSPS) is 22.5. The molecule has 0 saturated carbocycles. The molecule has 2 aliphatic rings. The number of piperidine rings is 1. The van der Waals surface area contributed by atoms with Crippen molar-refractivity contribution >= 4 is 11.8 Å². The molecular weight excluding hydrogens is 360 g/mol. The van der Waals surface area contributed by atoms with Crippen molar-refractivity contribution in [3.8, 4) is 0 Å². The van der Waals surface area contributed by atoms with Gasteiger partial charge >= 0.3 is 0 Å². The summed E-state index contributed by atoms with van der Waals surface area (Å²) >= 11 is 0. The number of aromatic nitrogens is 2. The van der Waals surface area contributed by atoms with Crippen LogP contribution in [0.5, 0.6) is 0 Å². The highest BCUT2D eigenvalue weighted by molar-refractivity contribution is 5.43. The zero-order valence-corrected chi connectivity index (χ0v) is 18.9. The summed E-state index contributed by atoms with van der Waals surface area (Å²) in [4.78, 5) is 17.0. The Kier molecular flexibility index (Phi) is 8.99. The second-order valence-electron chi connectivity index (χ2n) is 8.78. The molecule has 1 aromatic heterocycles. The Morgan fingerprint density at radius 3 is 2.59 bits per heavy atom. The summed E-state index contributed by atoms with van der Waals surface area (Å²) in [5.41, 5.74) is 0. The highest BCUT2D eigenvalue weighted by atomic mass is 15.3. The Bertz CT molecular complexity index is 582. The fraction of sp³-hybridized carbons (Fsp3) is 0.826. The molecule has 2 atom stereocenters. The molecule has 2 saturated heterocycles. The average molecular weight is 403 g/mol. The predicted octanol–water partition coefficient (Wildman–Crippen LogP) is 3.85. The van der Waals surface area contributed by atoms with Crippen LogP contribution < -0.4 is 10.2 Å². The molecule has 0 amide bonds. The van der Waals surface area contributed by atoms with Crippen LogP contribution in [0.15, 0.2) is 12.3 Å². The maximum absolute atomic E-state index is 4.86. The largest absolute Gasteiger partial charge is 0.356 e. The van der Waals surface area contributed by atoms with Crippen LogP contribution in [0.1, 0.15) is 65.7 Å². The standard InChI is InChI=1S/C23H42N6/c1-4-27(5-2)18-13-20(3)29-17-10-11-21(19-29)25-23-24-14-12-22(26-23)28-15-8-6-7-9-16-28/h12,14,20-21H,4-11,13,15-19H2,1-3H3,(H,24,25,26). The quantitative estimate of drug-likeness (QED) is 0.677. The van der Waals surface area contributed by atoms with E-state index < -0.39 is 0 Å². The molecule has 3 heterocycles. The van der Waals surface area contributed by atoms with Gasteiger partial charge in [0.15, 0.2) is 0 Å². The van der Waals surface area contributed by atoms with E-state index in [4.69, 9.17) is 4.98 Å². The minimum atomic E-state index is 0.444. The third kappa shape index (κ3) is 6.82. The smallest absolute Gasteiger partial charge is 0.224 e. The molecule has 0 aliphatic carbocycles. The van der Waals surface area contributed by atoms with Crippen LogP contribution in [0.25, 0.3) is 0 Å². The summed E-state index contributed by atoms with van der Waals surface area (Å²) in [6.45, 7) is 15.0. The van der Waals surface area contributed by atoms with E-state index in [-0.39, 0.29) is 0 Å². The van der Waals surface area contributed by atoms with Crippen LogP contribution >= 0.6 is 0 Å². The molecule has 164 valence electrons. The van der Waals surface area contributed by atoms with E-state index >= 15 is 0 Å². The van der Waals surface area contributed by atoms with E-state index in [0.717, 1.165) is 44.5 Å². The Morgan fingerprint density at radius 1 is 1.10 bits per heavy atom. The van der Waals surface area contributed by atoms with Gasteiger partial charge in [-0.1, -0.05) is 26.7 Å². The number of nitrogens with one attached hydrogen (secondary N) is 1. The number of anilines is 2. The summed E-state index contributed by atoms with van der Waals surface area (Å²) in [7, 11) is 0. The van der Waals surface area contributed by atoms with Crippen molar-refractivity contribution < 1.29 is 0 Å². The zero-order chi connectivity index (χ0) is 20.5. The molecule has 0 spiro atoms. The van der Waals surface area contributed by atoms with Gasteiger partial charge in [0, 0.05) is 37.9 Å². The first-order valence-corrected chi connectivity index (χ1v) is 12.0. The third-order valence-electron chi connectivity index (χ3n) is 6.74. The van der Waals surface area contributed by atoms with Gasteiger partial charge in [0.1, 0.15) is 5.82 Å². The molecule has 2 unspecified atom stereocenters. The maximum Gasteiger partial charge on any atom is 0.224 e. The van der Waals surface area contributed by atoms with Gasteiger partial charge in [0.05, 0.1) is 0 Å². The number of nitrogens with zero attached hydrogens (tertiary/aromatic N) is 5. The first-order chi connectivity index (χ1) is 14.2. The molecule has 0 radical (unpaired) electrons. The van der Waals surface area contributed by atoms with Crippen molar-refractivity contribution in [2.45, 2.75) is 77.8 Å². The molecule has 0 bridgehead atoms. The van der Waals surface area contributed by atoms with Gasteiger partial charge in [0.25, 0.3) is 0 Å². The molecule has 6 heteroatoms. The molecule has 0 aromatic carbocycles. The molecule has 1 N–H and O–H groups in total. The molecule has 3 rings (SSSR count). The van der Waals surface area contributed by atoms with Gasteiger partial charge < -0.3 is 15.1 Å². The fourth-order valence-electron chi connectivity index (χ4n) is 4.69. The lowest BCUT2D eigenvalue weighted by Gasteiger charge is -2.37. The summed E-state index contributed by atoms with van der Waals surface area (Å²) in [6, 6.07) is 3.14. The van der Waals surface area contributed by atoms with E-state index in [1.165, 1.54) is 58.0 Å². The minimum absolute atomic E-state index is 0.444. The van der Waals surface area contributed by atoms with Crippen molar-refractivity contribution in [2.24, 2.45) is 0 Å². The van der Waals surface area contributed by atoms with E-state index in [2.05, 4.69) is 51.8 Å². The first kappa shape index (κ1) is 22.3. The van der Waals surface area contributed by atoms with Crippen molar-refractivity contribution in [2.75, 3.05) is 56.0 Å². The van der Waals surface area contributed by atoms with E-state index in [9.17, 15) is 0 Å². The highest BCUT2D eigenvalue weighted by Crippen LogP contribution is 2.21. The van der Waals surface area contributed by atoms with Crippen molar-refractivity contribution in [3.63, 3.8) is 0 Å². The van der Waals surface area contributed by atoms with Crippen LogP contribution in [-0.4, -0.2) is 77.7 Å². The van der Waals surface area contributed by atoms with E-state index in [1.807, 2.05) is 6.20 Å². The number of likely N-dealkylation sites (tertiary alicyclic amines) is 1. The Labute approximate surface area is 178 Å². The van der Waals surface area contributed by atoms with Crippen LogP contribution in [0.2, 0.25) is 0 Å². The van der Waals surface area contributed by atoms with Gasteiger partial charge in [-0.3, -0.25) is 4.90 Å². The lowest BCUT2D eigenvalue weighted by atomic mass is 10.0. The summed E-state index contributed by atoms with van der Waals surface area (Å²) < 4.78 is 0. The Balaban J connectivity index is 1.52. The first-order valence-electron chi connectivity index (χ1n) is 12.0. The van der Waals surface area contributed by atoms with E-state index in [1.54, 1.807) is 0 Å². The van der Waals surface area contributed by atoms with Gasteiger partial charge in [-0.15, -0.1) is 0 Å². The van der Waals surface area contributed by atoms with Gasteiger partial charge in [-0.25, -0.2) is 4.98 Å². The lowest BCUT2D eigenvalue weighted by molar-refractivity contribution is 0.144. The molecular formula is C23H42N6. The Hall–Kier alpha value is -1.40. The van der Waals surface area contributed by atoms with Crippen LogP contribution in [0.3, 0.4) is 0 Å². The molecule has 2 aliphatic heterocycles. The molecule has 6 nitrogen and oxygen atoms in total. The minimum Gasteiger partial charge on any atom is -0.356 e. The SMILES string of the molecule is CCN(CC)CCC(C)N1CCCC(Nc2nccc(N3CCCCCC3)n2)C1. The van der Waals surface area contributed by atoms with Crippen LogP contribution in [0.4, 0.5) is 11.8 Å². The summed E-state index contributed by atoms with van der Waals surface area (Å²) in [5.74, 6) is 1.89. The fourth-order valence-corrected chi connectivity index (χ4v) is 4.69. The van der Waals surface area contributed by atoms with Gasteiger partial charge in [-0.05, 0) is 71.3 Å². The predicted molar refractivity (Wildman–Crippen MR) is 123 cm³/mol. The average Bonchev–Trinajstić information content (AvgIpc) is 3.04. The third-order valence-corrected chi connectivity index (χ3v) is 6.74. The number of hydrogen-bond acceptors (Lipinski definition) is 6. The van der Waals surface area contributed by atoms with Gasteiger partial charge in [0.2, 0.25) is 5.95 Å².